The molecule has 1 aromatic heterocycles. The molecule has 4 nitrogen and oxygen atoms in total. The number of anilines is 1. The molecule has 0 bridgehead atoms. The smallest absolute Gasteiger partial charge is 0.181 e. The molecule has 3 rings (SSSR count). The molecule has 1 atom stereocenters. The summed E-state index contributed by atoms with van der Waals surface area (Å²) < 4.78 is 5.38. The number of thioether (sulfide) groups is 1. The molecule has 1 aliphatic rings. The summed E-state index contributed by atoms with van der Waals surface area (Å²) in [5, 5.41) is 0. The van der Waals surface area contributed by atoms with Gasteiger partial charge in [-0.15, -0.1) is 0 Å². The van der Waals surface area contributed by atoms with E-state index >= 15 is 0 Å². The molecule has 1 unspecified atom stereocenters. The largest absolute Gasteiger partial charge is 0.443 e. The number of aromatic nitrogens is 1. The SMILES string of the molecule is CN(C)C1SC(c2cnco2)=CN1c1ccccc1. The monoisotopic (exact) mass is 273 g/mol. The molecule has 5 heteroatoms. The first-order valence-corrected chi connectivity index (χ1v) is 6.91. The lowest BCUT2D eigenvalue weighted by Gasteiger charge is -2.29. The number of rotatable bonds is 3. The molecular weight excluding hydrogens is 258 g/mol. The molecule has 0 fully saturated rings. The molecule has 0 spiro atoms. The van der Waals surface area contributed by atoms with Gasteiger partial charge in [0.1, 0.15) is 5.50 Å². The van der Waals surface area contributed by atoms with Crippen LogP contribution in [0.2, 0.25) is 0 Å². The zero-order chi connectivity index (χ0) is 13.2. The van der Waals surface area contributed by atoms with Crippen LogP contribution in [0.1, 0.15) is 5.76 Å². The van der Waals surface area contributed by atoms with Crippen LogP contribution in [0.4, 0.5) is 5.69 Å². The Balaban J connectivity index is 1.95. The van der Waals surface area contributed by atoms with Gasteiger partial charge in [-0.05, 0) is 26.2 Å². The first-order valence-electron chi connectivity index (χ1n) is 6.03. The average molecular weight is 273 g/mol. The molecule has 0 saturated carbocycles. The summed E-state index contributed by atoms with van der Waals surface area (Å²) >= 11 is 1.76. The predicted octanol–water partition coefficient (Wildman–Crippen LogP) is 3.07. The van der Waals surface area contributed by atoms with Gasteiger partial charge in [0.15, 0.2) is 12.2 Å². The highest BCUT2D eigenvalue weighted by Crippen LogP contribution is 2.42. The van der Waals surface area contributed by atoms with Crippen LogP contribution in [-0.2, 0) is 0 Å². The Morgan fingerprint density at radius 3 is 2.68 bits per heavy atom. The van der Waals surface area contributed by atoms with Crippen LogP contribution in [0.3, 0.4) is 0 Å². The fourth-order valence-electron chi connectivity index (χ4n) is 2.01. The van der Waals surface area contributed by atoms with E-state index in [2.05, 4.69) is 47.2 Å². The maximum absolute atomic E-state index is 5.38. The van der Waals surface area contributed by atoms with Gasteiger partial charge in [0.05, 0.1) is 11.1 Å². The van der Waals surface area contributed by atoms with Crippen molar-refractivity contribution in [2.75, 3.05) is 19.0 Å². The number of para-hydroxylation sites is 1. The van der Waals surface area contributed by atoms with Crippen LogP contribution < -0.4 is 4.90 Å². The summed E-state index contributed by atoms with van der Waals surface area (Å²) in [4.78, 5) is 9.50. The van der Waals surface area contributed by atoms with Crippen molar-refractivity contribution in [3.8, 4) is 0 Å². The second kappa shape index (κ2) is 5.11. The fraction of sp³-hybridized carbons (Fsp3) is 0.214. The maximum Gasteiger partial charge on any atom is 0.181 e. The van der Waals surface area contributed by atoms with E-state index in [-0.39, 0.29) is 5.50 Å². The van der Waals surface area contributed by atoms with Crippen LogP contribution in [0.5, 0.6) is 0 Å². The topological polar surface area (TPSA) is 32.5 Å². The molecule has 0 aliphatic carbocycles. The molecule has 0 amide bonds. The highest BCUT2D eigenvalue weighted by atomic mass is 32.2. The van der Waals surface area contributed by atoms with E-state index in [1.807, 2.05) is 18.2 Å². The lowest BCUT2D eigenvalue weighted by Crippen LogP contribution is -2.36. The van der Waals surface area contributed by atoms with Crippen molar-refractivity contribution in [1.82, 2.24) is 9.88 Å². The Hall–Kier alpha value is -1.72. The first-order chi connectivity index (χ1) is 9.25. The molecule has 2 aromatic rings. The number of nitrogens with zero attached hydrogens (tertiary/aromatic N) is 3. The normalized spacial score (nSPS) is 19.0. The van der Waals surface area contributed by atoms with E-state index in [4.69, 9.17) is 4.42 Å². The quantitative estimate of drug-likeness (QED) is 0.858. The maximum atomic E-state index is 5.38. The number of benzene rings is 1. The van der Waals surface area contributed by atoms with Gasteiger partial charge in [-0.25, -0.2) is 4.98 Å². The minimum atomic E-state index is 0.225. The Morgan fingerprint density at radius 1 is 1.26 bits per heavy atom. The Morgan fingerprint density at radius 2 is 2.05 bits per heavy atom. The predicted molar refractivity (Wildman–Crippen MR) is 78.5 cm³/mol. The highest BCUT2D eigenvalue weighted by molar-refractivity contribution is 8.09. The van der Waals surface area contributed by atoms with Gasteiger partial charge in [-0.3, -0.25) is 4.90 Å². The second-order valence-electron chi connectivity index (χ2n) is 4.51. The van der Waals surface area contributed by atoms with Crippen molar-refractivity contribution >= 4 is 22.4 Å². The standard InChI is InChI=1S/C14H15N3OS/c1-16(2)14-17(11-6-4-3-5-7-11)9-13(19-14)12-8-15-10-18-12/h3-10,14H,1-2H3. The zero-order valence-electron chi connectivity index (χ0n) is 10.9. The van der Waals surface area contributed by atoms with Crippen molar-refractivity contribution in [2.45, 2.75) is 5.50 Å². The van der Waals surface area contributed by atoms with Crippen molar-refractivity contribution in [2.24, 2.45) is 0 Å². The third-order valence-electron chi connectivity index (χ3n) is 2.90. The van der Waals surface area contributed by atoms with Crippen LogP contribution in [0, 0.1) is 0 Å². The number of hydrogen-bond donors (Lipinski definition) is 0. The van der Waals surface area contributed by atoms with Gasteiger partial charge in [-0.1, -0.05) is 30.0 Å². The van der Waals surface area contributed by atoms with Crippen LogP contribution in [0.15, 0.2) is 53.5 Å². The molecule has 98 valence electrons. The first kappa shape index (κ1) is 12.3. The lowest BCUT2D eigenvalue weighted by atomic mass is 10.3. The van der Waals surface area contributed by atoms with Gasteiger partial charge in [0.25, 0.3) is 0 Å². The third-order valence-corrected chi connectivity index (χ3v) is 4.32. The van der Waals surface area contributed by atoms with E-state index in [0.29, 0.717) is 0 Å². The molecule has 0 saturated heterocycles. The van der Waals surface area contributed by atoms with E-state index in [1.165, 1.54) is 12.1 Å². The molecule has 2 heterocycles. The van der Waals surface area contributed by atoms with Gasteiger partial charge in [0, 0.05) is 11.9 Å². The Labute approximate surface area is 116 Å². The van der Waals surface area contributed by atoms with Crippen molar-refractivity contribution in [1.29, 1.82) is 0 Å². The summed E-state index contributed by atoms with van der Waals surface area (Å²) in [7, 11) is 4.15. The summed E-state index contributed by atoms with van der Waals surface area (Å²) in [6.45, 7) is 0. The Kier molecular flexibility index (Phi) is 3.31. The van der Waals surface area contributed by atoms with Crippen molar-refractivity contribution < 1.29 is 4.42 Å². The van der Waals surface area contributed by atoms with Gasteiger partial charge < -0.3 is 9.32 Å². The van der Waals surface area contributed by atoms with E-state index in [1.54, 1.807) is 18.0 Å². The summed E-state index contributed by atoms with van der Waals surface area (Å²) in [6, 6.07) is 10.3. The molecular formula is C14H15N3OS. The van der Waals surface area contributed by atoms with Crippen LogP contribution in [-0.4, -0.2) is 29.5 Å². The number of oxazole rings is 1. The van der Waals surface area contributed by atoms with Crippen LogP contribution >= 0.6 is 11.8 Å². The van der Waals surface area contributed by atoms with E-state index < -0.39 is 0 Å². The fourth-order valence-corrected chi connectivity index (χ4v) is 3.13. The minimum absolute atomic E-state index is 0.225. The van der Waals surface area contributed by atoms with Gasteiger partial charge in [-0.2, -0.15) is 0 Å². The summed E-state index contributed by atoms with van der Waals surface area (Å²) in [5.41, 5.74) is 1.39. The van der Waals surface area contributed by atoms with Crippen molar-refractivity contribution in [3.05, 3.63) is 54.9 Å². The van der Waals surface area contributed by atoms with E-state index in [9.17, 15) is 0 Å². The third kappa shape index (κ3) is 2.39. The average Bonchev–Trinajstić information content (AvgIpc) is 3.08. The molecule has 0 radical (unpaired) electrons. The molecule has 1 aromatic carbocycles. The molecule has 19 heavy (non-hydrogen) atoms. The molecule has 0 N–H and O–H groups in total. The van der Waals surface area contributed by atoms with E-state index in [0.717, 1.165) is 10.7 Å². The number of hydrogen-bond acceptors (Lipinski definition) is 5. The van der Waals surface area contributed by atoms with Gasteiger partial charge >= 0.3 is 0 Å². The second-order valence-corrected chi connectivity index (χ2v) is 5.61. The van der Waals surface area contributed by atoms with Crippen molar-refractivity contribution in [3.63, 3.8) is 0 Å². The van der Waals surface area contributed by atoms with Crippen LogP contribution in [0.25, 0.3) is 4.91 Å². The summed E-state index contributed by atoms with van der Waals surface area (Å²) in [6.07, 6.45) is 5.33. The molecule has 1 aliphatic heterocycles. The minimum Gasteiger partial charge on any atom is -0.443 e. The summed E-state index contributed by atoms with van der Waals surface area (Å²) in [5.74, 6) is 0.815. The highest BCUT2D eigenvalue weighted by Gasteiger charge is 2.30. The van der Waals surface area contributed by atoms with Gasteiger partial charge in [0.2, 0.25) is 0 Å². The lowest BCUT2D eigenvalue weighted by molar-refractivity contribution is 0.388. The Bertz CT molecular complexity index is 566. The zero-order valence-corrected chi connectivity index (χ0v) is 11.7.